The Labute approximate surface area is 148 Å². The Morgan fingerprint density at radius 3 is 1.88 bits per heavy atom. The molecule has 0 spiro atoms. The van der Waals surface area contributed by atoms with E-state index in [1.165, 1.54) is 0 Å². The first kappa shape index (κ1) is 16.5. The summed E-state index contributed by atoms with van der Waals surface area (Å²) in [6.07, 6.45) is 0. The van der Waals surface area contributed by atoms with Gasteiger partial charge in [0, 0.05) is 22.4 Å². The number of para-hydroxylation sites is 1. The molecule has 0 atom stereocenters. The fourth-order valence-corrected chi connectivity index (χ4v) is 2.57. The van der Waals surface area contributed by atoms with Crippen molar-refractivity contribution in [2.24, 2.45) is 0 Å². The molecule has 1 N–H and O–H groups in total. The molecule has 1 amide bonds. The van der Waals surface area contributed by atoms with E-state index in [9.17, 15) is 4.79 Å². The highest BCUT2D eigenvalue weighted by molar-refractivity contribution is 6.05. The number of rotatable bonds is 2. The van der Waals surface area contributed by atoms with Gasteiger partial charge in [-0.15, -0.1) is 0 Å². The monoisotopic (exact) mass is 325 g/mol. The lowest BCUT2D eigenvalue weighted by molar-refractivity contribution is 0.102. The highest BCUT2D eigenvalue weighted by Gasteiger charge is 2.09. The smallest absolute Gasteiger partial charge is 0.255 e. The average molecular weight is 325 g/mol. The molecule has 25 heavy (non-hydrogen) atoms. The lowest BCUT2D eigenvalue weighted by Gasteiger charge is -2.11. The first-order valence-electron chi connectivity index (χ1n) is 8.18. The van der Waals surface area contributed by atoms with Gasteiger partial charge < -0.3 is 5.32 Å². The Morgan fingerprint density at radius 1 is 0.720 bits per heavy atom. The van der Waals surface area contributed by atoms with Gasteiger partial charge in [-0.1, -0.05) is 48.2 Å². The molecule has 0 aliphatic heterocycles. The summed E-state index contributed by atoms with van der Waals surface area (Å²) in [5, 5.41) is 3.00. The lowest BCUT2D eigenvalue weighted by Crippen LogP contribution is -2.13. The van der Waals surface area contributed by atoms with E-state index in [2.05, 4.69) is 17.2 Å². The van der Waals surface area contributed by atoms with Gasteiger partial charge in [0.15, 0.2) is 0 Å². The van der Waals surface area contributed by atoms with Crippen LogP contribution in [0.3, 0.4) is 0 Å². The van der Waals surface area contributed by atoms with Crippen LogP contribution in [0, 0.1) is 25.7 Å². The van der Waals surface area contributed by atoms with Crippen LogP contribution in [0.25, 0.3) is 0 Å². The maximum atomic E-state index is 12.5. The minimum atomic E-state index is -0.111. The quantitative estimate of drug-likeness (QED) is 0.663. The number of carbonyl (C=O) groups excluding carboxylic acids is 1. The van der Waals surface area contributed by atoms with Gasteiger partial charge in [0.25, 0.3) is 5.91 Å². The Bertz CT molecular complexity index is 925. The second-order valence-electron chi connectivity index (χ2n) is 5.91. The largest absolute Gasteiger partial charge is 0.322 e. The Balaban J connectivity index is 1.74. The maximum Gasteiger partial charge on any atom is 0.255 e. The molecular weight excluding hydrogens is 306 g/mol. The molecule has 0 aromatic heterocycles. The van der Waals surface area contributed by atoms with Crippen molar-refractivity contribution in [1.29, 1.82) is 0 Å². The van der Waals surface area contributed by atoms with E-state index in [1.54, 1.807) is 12.1 Å². The summed E-state index contributed by atoms with van der Waals surface area (Å²) < 4.78 is 0. The van der Waals surface area contributed by atoms with Crippen molar-refractivity contribution < 1.29 is 4.79 Å². The van der Waals surface area contributed by atoms with E-state index in [0.717, 1.165) is 27.9 Å². The lowest BCUT2D eigenvalue weighted by atomic mass is 10.1. The molecule has 122 valence electrons. The van der Waals surface area contributed by atoms with Crippen LogP contribution in [-0.4, -0.2) is 5.91 Å². The molecule has 0 heterocycles. The number of nitrogens with one attached hydrogen (secondary N) is 1. The molecule has 3 rings (SSSR count). The molecule has 3 aromatic rings. The van der Waals surface area contributed by atoms with Crippen molar-refractivity contribution in [1.82, 2.24) is 0 Å². The summed E-state index contributed by atoms with van der Waals surface area (Å²) >= 11 is 0. The van der Waals surface area contributed by atoms with E-state index < -0.39 is 0 Å². The molecule has 0 unspecified atom stereocenters. The van der Waals surface area contributed by atoms with Gasteiger partial charge in [-0.05, 0) is 61.4 Å². The maximum absolute atomic E-state index is 12.5. The van der Waals surface area contributed by atoms with Crippen LogP contribution < -0.4 is 5.32 Å². The number of benzene rings is 3. The summed E-state index contributed by atoms with van der Waals surface area (Å²) in [6, 6.07) is 23.2. The molecule has 0 saturated heterocycles. The second-order valence-corrected chi connectivity index (χ2v) is 5.91. The van der Waals surface area contributed by atoms with Crippen LogP contribution in [0.5, 0.6) is 0 Å². The number of amides is 1. The van der Waals surface area contributed by atoms with Crippen molar-refractivity contribution in [3.05, 3.63) is 101 Å². The summed E-state index contributed by atoms with van der Waals surface area (Å²) in [6.45, 7) is 3.98. The van der Waals surface area contributed by atoms with Gasteiger partial charge in [0.2, 0.25) is 0 Å². The summed E-state index contributed by atoms with van der Waals surface area (Å²) in [7, 11) is 0. The van der Waals surface area contributed by atoms with E-state index >= 15 is 0 Å². The van der Waals surface area contributed by atoms with Gasteiger partial charge >= 0.3 is 0 Å². The summed E-state index contributed by atoms with van der Waals surface area (Å²) in [5.74, 6) is 6.12. The standard InChI is InChI=1S/C23H19NO/c1-17-7-6-8-18(2)22(17)24-23(25)21-15-13-20(14-16-21)12-11-19-9-4-3-5-10-19/h3-10,13-16H,1-2H3,(H,24,25). The predicted octanol–water partition coefficient (Wildman–Crippen LogP) is 4.96. The van der Waals surface area contributed by atoms with Crippen LogP contribution >= 0.6 is 0 Å². The third-order valence-electron chi connectivity index (χ3n) is 3.99. The molecule has 0 saturated carbocycles. The number of hydrogen-bond donors (Lipinski definition) is 1. The molecule has 0 bridgehead atoms. The Morgan fingerprint density at radius 2 is 1.28 bits per heavy atom. The first-order valence-corrected chi connectivity index (χ1v) is 8.18. The van der Waals surface area contributed by atoms with Crippen molar-refractivity contribution in [2.75, 3.05) is 5.32 Å². The SMILES string of the molecule is Cc1cccc(C)c1NC(=O)c1ccc(C#Cc2ccccc2)cc1. The number of aryl methyl sites for hydroxylation is 2. The molecule has 0 radical (unpaired) electrons. The second kappa shape index (κ2) is 7.51. The zero-order valence-corrected chi connectivity index (χ0v) is 14.3. The third-order valence-corrected chi connectivity index (χ3v) is 3.99. The van der Waals surface area contributed by atoms with Crippen LogP contribution in [0.15, 0.2) is 72.8 Å². The summed E-state index contributed by atoms with van der Waals surface area (Å²) in [4.78, 5) is 12.5. The normalized spacial score (nSPS) is 9.84. The molecule has 2 heteroatoms. The first-order chi connectivity index (χ1) is 12.1. The number of hydrogen-bond acceptors (Lipinski definition) is 1. The van der Waals surface area contributed by atoms with Crippen molar-refractivity contribution in [3.8, 4) is 11.8 Å². The zero-order chi connectivity index (χ0) is 17.6. The third kappa shape index (κ3) is 4.16. The van der Waals surface area contributed by atoms with Gasteiger partial charge in [0.1, 0.15) is 0 Å². The topological polar surface area (TPSA) is 29.1 Å². The fraction of sp³-hybridized carbons (Fsp3) is 0.0870. The average Bonchev–Trinajstić information content (AvgIpc) is 2.64. The molecule has 3 aromatic carbocycles. The predicted molar refractivity (Wildman–Crippen MR) is 103 cm³/mol. The van der Waals surface area contributed by atoms with Crippen LogP contribution in [0.2, 0.25) is 0 Å². The van der Waals surface area contributed by atoms with Crippen molar-refractivity contribution in [3.63, 3.8) is 0 Å². The Kier molecular flexibility index (Phi) is 4.97. The Hall–Kier alpha value is -3.31. The fourth-order valence-electron chi connectivity index (χ4n) is 2.57. The van der Waals surface area contributed by atoms with E-state index in [1.807, 2.05) is 74.5 Å². The number of anilines is 1. The van der Waals surface area contributed by atoms with E-state index in [-0.39, 0.29) is 5.91 Å². The van der Waals surface area contributed by atoms with Crippen LogP contribution in [-0.2, 0) is 0 Å². The van der Waals surface area contributed by atoms with Gasteiger partial charge in [-0.25, -0.2) is 0 Å². The van der Waals surface area contributed by atoms with Crippen LogP contribution in [0.1, 0.15) is 32.6 Å². The molecule has 2 nitrogen and oxygen atoms in total. The molecule has 0 aliphatic carbocycles. The summed E-state index contributed by atoms with van der Waals surface area (Å²) in [5.41, 5.74) is 5.46. The van der Waals surface area contributed by atoms with Crippen LogP contribution in [0.4, 0.5) is 5.69 Å². The van der Waals surface area contributed by atoms with Gasteiger partial charge in [-0.3, -0.25) is 4.79 Å². The minimum absolute atomic E-state index is 0.111. The van der Waals surface area contributed by atoms with E-state index in [4.69, 9.17) is 0 Å². The number of carbonyl (C=O) groups is 1. The molecular formula is C23H19NO. The molecule has 0 aliphatic rings. The van der Waals surface area contributed by atoms with Crippen molar-refractivity contribution in [2.45, 2.75) is 13.8 Å². The highest BCUT2D eigenvalue weighted by Crippen LogP contribution is 2.20. The highest BCUT2D eigenvalue weighted by atomic mass is 16.1. The van der Waals surface area contributed by atoms with E-state index in [0.29, 0.717) is 5.56 Å². The van der Waals surface area contributed by atoms with Crippen molar-refractivity contribution >= 4 is 11.6 Å². The van der Waals surface area contributed by atoms with Gasteiger partial charge in [0.05, 0.1) is 0 Å². The minimum Gasteiger partial charge on any atom is -0.322 e. The van der Waals surface area contributed by atoms with Gasteiger partial charge in [-0.2, -0.15) is 0 Å². The molecule has 0 fully saturated rings. The zero-order valence-electron chi connectivity index (χ0n) is 14.3.